The largest absolute Gasteiger partial charge is 0.481 e. The zero-order chi connectivity index (χ0) is 14.7. The van der Waals surface area contributed by atoms with Gasteiger partial charge < -0.3 is 15.2 Å². The number of carbonyl (C=O) groups is 1. The van der Waals surface area contributed by atoms with Crippen LogP contribution in [0.1, 0.15) is 10.5 Å². The fourth-order valence-corrected chi connectivity index (χ4v) is 1.53. The van der Waals surface area contributed by atoms with E-state index in [-0.39, 0.29) is 28.6 Å². The maximum absolute atomic E-state index is 13.8. The molecule has 0 saturated heterocycles. The Kier molecular flexibility index (Phi) is 3.74. The number of nitrogens with zero attached hydrogens (tertiary/aromatic N) is 3. The van der Waals surface area contributed by atoms with Gasteiger partial charge in [-0.2, -0.15) is 0 Å². The maximum Gasteiger partial charge on any atom is 0.358 e. The second-order valence-electron chi connectivity index (χ2n) is 3.69. The zero-order valence-corrected chi connectivity index (χ0v) is 10.8. The molecule has 104 valence electrons. The lowest BCUT2D eigenvalue weighted by Crippen LogP contribution is -2.09. The van der Waals surface area contributed by atoms with Crippen LogP contribution >= 0.6 is 0 Å². The Bertz CT molecular complexity index is 663. The van der Waals surface area contributed by atoms with Crippen LogP contribution < -0.4 is 10.5 Å². The number of nitrogens with two attached hydrogens (primary N) is 1. The topological polar surface area (TPSA) is 100 Å². The van der Waals surface area contributed by atoms with Gasteiger partial charge in [0, 0.05) is 11.6 Å². The number of carbonyl (C=O) groups excluding carboxylic acids is 1. The van der Waals surface area contributed by atoms with E-state index in [1.807, 2.05) is 0 Å². The van der Waals surface area contributed by atoms with Crippen molar-refractivity contribution in [2.24, 2.45) is 0 Å². The summed E-state index contributed by atoms with van der Waals surface area (Å²) >= 11 is 0. The molecule has 0 unspecified atom stereocenters. The predicted octanol–water partition coefficient (Wildman–Crippen LogP) is 1.06. The zero-order valence-electron chi connectivity index (χ0n) is 10.8. The highest BCUT2D eigenvalue weighted by atomic mass is 19.1. The summed E-state index contributed by atoms with van der Waals surface area (Å²) in [5, 5.41) is 0. The van der Waals surface area contributed by atoms with E-state index in [0.717, 1.165) is 12.4 Å². The molecule has 0 spiro atoms. The predicted molar refractivity (Wildman–Crippen MR) is 67.5 cm³/mol. The standard InChI is InChI=1S/C12H11FN4O3/c1-19-9-3-6(7(13)4-15-9)10-11(14)17-8(5-16-10)12(18)20-2/h3-5H,1-2H3,(H2,14,17). The van der Waals surface area contributed by atoms with Crippen molar-refractivity contribution in [1.82, 2.24) is 15.0 Å². The Hall–Kier alpha value is -2.77. The molecule has 0 fully saturated rings. The first-order valence-electron chi connectivity index (χ1n) is 5.47. The SMILES string of the molecule is COC(=O)c1cnc(-c2cc(OC)ncc2F)c(N)n1. The summed E-state index contributed by atoms with van der Waals surface area (Å²) in [7, 11) is 2.61. The van der Waals surface area contributed by atoms with Crippen LogP contribution in [0.25, 0.3) is 11.3 Å². The fraction of sp³-hybridized carbons (Fsp3) is 0.167. The quantitative estimate of drug-likeness (QED) is 0.837. The van der Waals surface area contributed by atoms with Crippen LogP contribution in [-0.4, -0.2) is 35.1 Å². The minimum Gasteiger partial charge on any atom is -0.481 e. The van der Waals surface area contributed by atoms with E-state index in [4.69, 9.17) is 10.5 Å². The lowest BCUT2D eigenvalue weighted by Gasteiger charge is -2.07. The van der Waals surface area contributed by atoms with Crippen LogP contribution in [0.2, 0.25) is 0 Å². The van der Waals surface area contributed by atoms with E-state index >= 15 is 0 Å². The van der Waals surface area contributed by atoms with Crippen LogP contribution in [-0.2, 0) is 4.74 Å². The van der Waals surface area contributed by atoms with Crippen molar-refractivity contribution in [2.45, 2.75) is 0 Å². The third kappa shape index (κ3) is 2.48. The Labute approximate surface area is 113 Å². The number of ether oxygens (including phenoxy) is 2. The van der Waals surface area contributed by atoms with Gasteiger partial charge in [-0.25, -0.2) is 24.1 Å². The number of anilines is 1. The van der Waals surface area contributed by atoms with E-state index in [9.17, 15) is 9.18 Å². The Balaban J connectivity index is 2.51. The average molecular weight is 278 g/mol. The molecule has 0 aliphatic heterocycles. The minimum absolute atomic E-state index is 0.0600. The number of halogens is 1. The lowest BCUT2D eigenvalue weighted by molar-refractivity contribution is 0.0593. The summed E-state index contributed by atoms with van der Waals surface area (Å²) in [6.45, 7) is 0. The average Bonchev–Trinajstić information content (AvgIpc) is 2.47. The number of rotatable bonds is 3. The smallest absolute Gasteiger partial charge is 0.358 e. The summed E-state index contributed by atoms with van der Waals surface area (Å²) in [6.07, 6.45) is 2.15. The van der Waals surface area contributed by atoms with Crippen LogP contribution in [0, 0.1) is 5.82 Å². The van der Waals surface area contributed by atoms with Crippen LogP contribution in [0.5, 0.6) is 5.88 Å². The van der Waals surface area contributed by atoms with Gasteiger partial charge in [-0.1, -0.05) is 0 Å². The summed E-state index contributed by atoms with van der Waals surface area (Å²) in [4.78, 5) is 22.8. The first-order valence-corrected chi connectivity index (χ1v) is 5.47. The van der Waals surface area contributed by atoms with Gasteiger partial charge in [-0.15, -0.1) is 0 Å². The molecule has 2 rings (SSSR count). The summed E-state index contributed by atoms with van der Waals surface area (Å²) in [5.41, 5.74) is 5.81. The molecule has 7 nitrogen and oxygen atoms in total. The van der Waals surface area contributed by atoms with Crippen molar-refractivity contribution >= 4 is 11.8 Å². The number of esters is 1. The van der Waals surface area contributed by atoms with Gasteiger partial charge in [0.05, 0.1) is 26.6 Å². The molecule has 20 heavy (non-hydrogen) atoms. The van der Waals surface area contributed by atoms with Crippen molar-refractivity contribution in [3.05, 3.63) is 30.0 Å². The number of hydrogen-bond acceptors (Lipinski definition) is 7. The molecular weight excluding hydrogens is 267 g/mol. The van der Waals surface area contributed by atoms with Gasteiger partial charge >= 0.3 is 5.97 Å². The van der Waals surface area contributed by atoms with E-state index in [1.54, 1.807) is 0 Å². The summed E-state index contributed by atoms with van der Waals surface area (Å²) in [6, 6.07) is 1.34. The van der Waals surface area contributed by atoms with Crippen LogP contribution in [0.3, 0.4) is 0 Å². The summed E-state index contributed by atoms with van der Waals surface area (Å²) in [5.74, 6) is -1.19. The van der Waals surface area contributed by atoms with Crippen LogP contribution in [0.15, 0.2) is 18.5 Å². The molecule has 0 amide bonds. The minimum atomic E-state index is -0.677. The number of hydrogen-bond donors (Lipinski definition) is 1. The highest BCUT2D eigenvalue weighted by Gasteiger charge is 2.16. The van der Waals surface area contributed by atoms with Gasteiger partial charge in [0.15, 0.2) is 17.3 Å². The van der Waals surface area contributed by atoms with Gasteiger partial charge in [0.2, 0.25) is 5.88 Å². The first-order chi connectivity index (χ1) is 9.56. The van der Waals surface area contributed by atoms with Gasteiger partial charge in [-0.3, -0.25) is 0 Å². The maximum atomic E-state index is 13.8. The van der Waals surface area contributed by atoms with E-state index < -0.39 is 11.8 Å². The molecule has 8 heteroatoms. The molecular formula is C12H11FN4O3. The van der Waals surface area contributed by atoms with Crippen LogP contribution in [0.4, 0.5) is 10.2 Å². The molecule has 0 bridgehead atoms. The molecule has 2 aromatic rings. The lowest BCUT2D eigenvalue weighted by atomic mass is 10.1. The van der Waals surface area contributed by atoms with Crippen molar-refractivity contribution in [3.63, 3.8) is 0 Å². The van der Waals surface area contributed by atoms with Crippen molar-refractivity contribution < 1.29 is 18.7 Å². The Morgan fingerprint density at radius 2 is 2.05 bits per heavy atom. The number of nitrogen functional groups attached to an aromatic ring is 1. The molecule has 0 aliphatic rings. The monoisotopic (exact) mass is 278 g/mol. The van der Waals surface area contributed by atoms with Crippen molar-refractivity contribution in [3.8, 4) is 17.1 Å². The van der Waals surface area contributed by atoms with Gasteiger partial charge in [-0.05, 0) is 0 Å². The van der Waals surface area contributed by atoms with E-state index in [0.29, 0.717) is 0 Å². The Morgan fingerprint density at radius 3 is 2.65 bits per heavy atom. The number of aromatic nitrogens is 3. The van der Waals surface area contributed by atoms with E-state index in [1.165, 1.54) is 20.3 Å². The number of methoxy groups -OCH3 is 2. The van der Waals surface area contributed by atoms with Crippen molar-refractivity contribution in [1.29, 1.82) is 0 Å². The second kappa shape index (κ2) is 5.47. The normalized spacial score (nSPS) is 10.2. The highest BCUT2D eigenvalue weighted by molar-refractivity contribution is 5.88. The third-order valence-electron chi connectivity index (χ3n) is 2.49. The highest BCUT2D eigenvalue weighted by Crippen LogP contribution is 2.27. The second-order valence-corrected chi connectivity index (χ2v) is 3.69. The van der Waals surface area contributed by atoms with Crippen molar-refractivity contribution in [2.75, 3.05) is 20.0 Å². The molecule has 2 aromatic heterocycles. The first kappa shape index (κ1) is 13.7. The Morgan fingerprint density at radius 1 is 1.30 bits per heavy atom. The molecule has 2 heterocycles. The molecule has 0 radical (unpaired) electrons. The molecule has 0 saturated carbocycles. The molecule has 0 atom stereocenters. The fourth-order valence-electron chi connectivity index (χ4n) is 1.53. The molecule has 2 N–H and O–H groups in total. The van der Waals surface area contributed by atoms with Gasteiger partial charge in [0.1, 0.15) is 5.69 Å². The number of pyridine rings is 1. The molecule has 0 aromatic carbocycles. The van der Waals surface area contributed by atoms with E-state index in [2.05, 4.69) is 19.7 Å². The van der Waals surface area contributed by atoms with Gasteiger partial charge in [0.25, 0.3) is 0 Å². The summed E-state index contributed by atoms with van der Waals surface area (Å²) < 4.78 is 23.2. The molecule has 0 aliphatic carbocycles. The third-order valence-corrected chi connectivity index (χ3v) is 2.49.